The number of ether oxygens (including phenoxy) is 1. The summed E-state index contributed by atoms with van der Waals surface area (Å²) in [4.78, 5) is 16.3. The molecule has 1 aliphatic heterocycles. The molecule has 3 atom stereocenters. The maximum absolute atomic E-state index is 12.5. The van der Waals surface area contributed by atoms with E-state index in [4.69, 9.17) is 19.3 Å². The van der Waals surface area contributed by atoms with E-state index in [9.17, 15) is 10.1 Å². The fourth-order valence-corrected chi connectivity index (χ4v) is 5.35. The monoisotopic (exact) mass is 480 g/mol. The maximum atomic E-state index is 12.5. The Morgan fingerprint density at radius 2 is 1.75 bits per heavy atom. The van der Waals surface area contributed by atoms with Crippen molar-refractivity contribution >= 4 is 22.5 Å². The number of nitrogens with zero attached hydrogens (tertiary/aromatic N) is 3. The quantitative estimate of drug-likeness (QED) is 0.600. The molecule has 1 fully saturated rings. The summed E-state index contributed by atoms with van der Waals surface area (Å²) in [5.74, 6) is -0.0707. The zero-order chi connectivity index (χ0) is 24.7. The van der Waals surface area contributed by atoms with Gasteiger partial charge in [-0.05, 0) is 36.3 Å². The standard InChI is InChI=1S/C22H40N4O4Si2/c1-21(2,3)31(7,8)28-14-17-16(30-32(9,10)22(4,5)6)11-18(29-17)26-13-15(12-23)19(24)25-20(26)27/h13,16-18H,11,14H2,1-10H3,(H2,24,25,27)/t16-,17+,18+/m0/s1. The molecule has 10 heteroatoms. The van der Waals surface area contributed by atoms with E-state index in [1.807, 2.05) is 6.07 Å². The van der Waals surface area contributed by atoms with Crippen molar-refractivity contribution in [2.24, 2.45) is 0 Å². The van der Waals surface area contributed by atoms with Crippen LogP contribution in [0, 0.1) is 11.3 Å². The Bertz CT molecular complexity index is 926. The molecule has 2 N–H and O–H groups in total. The number of aromatic nitrogens is 2. The Kier molecular flexibility index (Phi) is 7.54. The van der Waals surface area contributed by atoms with E-state index in [2.05, 4.69) is 72.7 Å². The number of nitrogen functional groups attached to an aromatic ring is 1. The highest BCUT2D eigenvalue weighted by Crippen LogP contribution is 2.42. The first kappa shape index (κ1) is 26.7. The normalized spacial score (nSPS) is 22.7. The van der Waals surface area contributed by atoms with Gasteiger partial charge in [-0.15, -0.1) is 0 Å². The van der Waals surface area contributed by atoms with Crippen LogP contribution in [-0.4, -0.2) is 45.0 Å². The number of rotatable bonds is 6. The van der Waals surface area contributed by atoms with Crippen LogP contribution in [0.4, 0.5) is 5.82 Å². The maximum Gasteiger partial charge on any atom is 0.351 e. The average Bonchev–Trinajstić information content (AvgIpc) is 3.00. The zero-order valence-electron chi connectivity index (χ0n) is 21.3. The van der Waals surface area contributed by atoms with Crippen LogP contribution in [0.1, 0.15) is 59.8 Å². The Hall–Kier alpha value is -1.52. The van der Waals surface area contributed by atoms with Gasteiger partial charge in [0.2, 0.25) is 0 Å². The zero-order valence-corrected chi connectivity index (χ0v) is 23.3. The number of hydrogen-bond donors (Lipinski definition) is 1. The molecule has 1 aromatic rings. The Balaban J connectivity index is 2.35. The minimum absolute atomic E-state index is 0.0312. The summed E-state index contributed by atoms with van der Waals surface area (Å²) in [6, 6.07) is 1.98. The smallest absolute Gasteiger partial charge is 0.351 e. The van der Waals surface area contributed by atoms with Crippen molar-refractivity contribution in [1.29, 1.82) is 5.26 Å². The molecule has 0 bridgehead atoms. The first-order valence-corrected chi connectivity index (χ1v) is 17.0. The van der Waals surface area contributed by atoms with Crippen molar-refractivity contribution < 1.29 is 13.6 Å². The Morgan fingerprint density at radius 3 is 2.25 bits per heavy atom. The summed E-state index contributed by atoms with van der Waals surface area (Å²) >= 11 is 0. The van der Waals surface area contributed by atoms with Crippen molar-refractivity contribution in [3.63, 3.8) is 0 Å². The summed E-state index contributed by atoms with van der Waals surface area (Å²) < 4.78 is 20.8. The lowest BCUT2D eigenvalue weighted by Crippen LogP contribution is -2.48. The minimum atomic E-state index is -2.09. The number of nitrogens with two attached hydrogens (primary N) is 1. The molecule has 32 heavy (non-hydrogen) atoms. The van der Waals surface area contributed by atoms with Crippen molar-refractivity contribution in [2.75, 3.05) is 12.3 Å². The van der Waals surface area contributed by atoms with Crippen molar-refractivity contribution in [2.45, 2.75) is 103 Å². The molecule has 0 saturated carbocycles. The third-order valence-corrected chi connectivity index (χ3v) is 16.3. The average molecular weight is 481 g/mol. The van der Waals surface area contributed by atoms with E-state index in [1.54, 1.807) is 0 Å². The predicted octanol–water partition coefficient (Wildman–Crippen LogP) is 4.40. The van der Waals surface area contributed by atoms with Gasteiger partial charge in [-0.3, -0.25) is 4.57 Å². The first-order chi connectivity index (χ1) is 14.4. The van der Waals surface area contributed by atoms with Crippen molar-refractivity contribution in [3.8, 4) is 6.07 Å². The summed E-state index contributed by atoms with van der Waals surface area (Å²) in [6.07, 6.45) is 0.772. The fraction of sp³-hybridized carbons (Fsp3) is 0.773. The van der Waals surface area contributed by atoms with E-state index < -0.39 is 28.6 Å². The molecule has 1 aliphatic rings. The number of anilines is 1. The molecule has 180 valence electrons. The second kappa shape index (κ2) is 9.02. The lowest BCUT2D eigenvalue weighted by Gasteiger charge is -2.40. The molecular formula is C22H40N4O4Si2. The highest BCUT2D eigenvalue weighted by Gasteiger charge is 2.46. The summed E-state index contributed by atoms with van der Waals surface area (Å²) in [7, 11) is -4.09. The van der Waals surface area contributed by atoms with Crippen LogP contribution in [0.5, 0.6) is 0 Å². The van der Waals surface area contributed by atoms with Crippen molar-refractivity contribution in [1.82, 2.24) is 9.55 Å². The molecule has 0 unspecified atom stereocenters. The molecule has 8 nitrogen and oxygen atoms in total. The van der Waals surface area contributed by atoms with Gasteiger partial charge in [0.15, 0.2) is 16.6 Å². The molecule has 1 saturated heterocycles. The van der Waals surface area contributed by atoms with Crippen LogP contribution >= 0.6 is 0 Å². The van der Waals surface area contributed by atoms with Crippen molar-refractivity contribution in [3.05, 3.63) is 22.2 Å². The second-order valence-electron chi connectivity index (χ2n) is 11.7. The minimum Gasteiger partial charge on any atom is -0.414 e. The fourth-order valence-electron chi connectivity index (χ4n) is 2.98. The Labute approximate surface area is 194 Å². The molecule has 2 heterocycles. The molecule has 0 aromatic carbocycles. The van der Waals surface area contributed by atoms with E-state index in [-0.39, 0.29) is 33.7 Å². The summed E-state index contributed by atoms with van der Waals surface area (Å²) in [5.41, 5.74) is 5.31. The summed E-state index contributed by atoms with van der Waals surface area (Å²) in [6.45, 7) is 22.4. The van der Waals surface area contributed by atoms with Gasteiger partial charge in [-0.1, -0.05) is 41.5 Å². The van der Waals surface area contributed by atoms with Crippen LogP contribution in [0.15, 0.2) is 11.0 Å². The van der Waals surface area contributed by atoms with Crippen LogP contribution in [0.2, 0.25) is 36.3 Å². The largest absolute Gasteiger partial charge is 0.414 e. The van der Waals surface area contributed by atoms with Crippen LogP contribution in [0.3, 0.4) is 0 Å². The van der Waals surface area contributed by atoms with Gasteiger partial charge in [0.05, 0.1) is 12.7 Å². The molecule has 2 rings (SSSR count). The molecule has 0 spiro atoms. The van der Waals surface area contributed by atoms with E-state index in [1.165, 1.54) is 10.8 Å². The Morgan fingerprint density at radius 1 is 1.19 bits per heavy atom. The number of hydrogen-bond acceptors (Lipinski definition) is 7. The molecule has 0 aliphatic carbocycles. The van der Waals surface area contributed by atoms with E-state index in [0.29, 0.717) is 13.0 Å². The van der Waals surface area contributed by atoms with Gasteiger partial charge in [-0.25, -0.2) is 4.79 Å². The van der Waals surface area contributed by atoms with Gasteiger partial charge in [0, 0.05) is 12.6 Å². The lowest BCUT2D eigenvalue weighted by molar-refractivity contribution is -0.0411. The first-order valence-electron chi connectivity index (χ1n) is 11.2. The van der Waals surface area contributed by atoms with Crippen LogP contribution in [0.25, 0.3) is 0 Å². The number of nitriles is 1. The van der Waals surface area contributed by atoms with E-state index >= 15 is 0 Å². The lowest BCUT2D eigenvalue weighted by atomic mass is 10.2. The third-order valence-electron chi connectivity index (χ3n) is 7.26. The van der Waals surface area contributed by atoms with Gasteiger partial charge >= 0.3 is 5.69 Å². The van der Waals surface area contributed by atoms with Gasteiger partial charge in [-0.2, -0.15) is 10.2 Å². The SMILES string of the molecule is CC(C)(C)[Si](C)(C)OC[C@H]1O[C@@H](n2cc(C#N)c(N)nc2=O)C[C@@H]1O[Si](C)(C)C(C)(C)C. The summed E-state index contributed by atoms with van der Waals surface area (Å²) in [5, 5.41) is 9.41. The topological polar surface area (TPSA) is 112 Å². The molecule has 0 radical (unpaired) electrons. The third kappa shape index (κ3) is 5.69. The highest BCUT2D eigenvalue weighted by atomic mass is 28.4. The van der Waals surface area contributed by atoms with Gasteiger partial charge < -0.3 is 19.3 Å². The molecular weight excluding hydrogens is 440 g/mol. The second-order valence-corrected chi connectivity index (χ2v) is 21.3. The predicted molar refractivity (Wildman–Crippen MR) is 131 cm³/mol. The van der Waals surface area contributed by atoms with Gasteiger partial charge in [0.25, 0.3) is 0 Å². The van der Waals surface area contributed by atoms with Crippen LogP contribution < -0.4 is 11.4 Å². The van der Waals surface area contributed by atoms with Gasteiger partial charge in [0.1, 0.15) is 29.8 Å². The van der Waals surface area contributed by atoms with E-state index in [0.717, 1.165) is 0 Å². The highest BCUT2D eigenvalue weighted by molar-refractivity contribution is 6.74. The molecule has 1 aromatic heterocycles. The van der Waals surface area contributed by atoms with Crippen LogP contribution in [-0.2, 0) is 13.6 Å². The molecule has 0 amide bonds.